The molecule has 0 aromatic carbocycles. The van der Waals surface area contributed by atoms with Crippen LogP contribution in [0.25, 0.3) is 0 Å². The van der Waals surface area contributed by atoms with E-state index in [-0.39, 0.29) is 13.2 Å². The van der Waals surface area contributed by atoms with Gasteiger partial charge in [-0.3, -0.25) is 0 Å². The zero-order chi connectivity index (χ0) is 11.5. The normalized spacial score (nSPS) is 15.4. The van der Waals surface area contributed by atoms with Gasteiger partial charge in [0, 0.05) is 16.8 Å². The van der Waals surface area contributed by atoms with Gasteiger partial charge in [-0.2, -0.15) is 0 Å². The Labute approximate surface area is 95.0 Å². The molecule has 0 saturated carbocycles. The van der Waals surface area contributed by atoms with Crippen LogP contribution >= 0.6 is 0 Å². The molecule has 0 aliphatic carbocycles. The van der Waals surface area contributed by atoms with E-state index >= 15 is 0 Å². The van der Waals surface area contributed by atoms with Gasteiger partial charge in [-0.05, 0) is 12.8 Å². The van der Waals surface area contributed by atoms with E-state index in [1.807, 2.05) is 6.92 Å². The van der Waals surface area contributed by atoms with Gasteiger partial charge < -0.3 is 19.7 Å². The van der Waals surface area contributed by atoms with E-state index in [9.17, 15) is 10.2 Å². The van der Waals surface area contributed by atoms with Crippen molar-refractivity contribution in [2.45, 2.75) is 38.0 Å². The number of aliphatic hydroxyl groups is 2. The van der Waals surface area contributed by atoms with Crippen LogP contribution in [0.2, 0.25) is 6.04 Å². The van der Waals surface area contributed by atoms with Gasteiger partial charge in [0.25, 0.3) is 0 Å². The Kier molecular flexibility index (Phi) is 10.6. The van der Waals surface area contributed by atoms with Gasteiger partial charge in [0.2, 0.25) is 0 Å². The van der Waals surface area contributed by atoms with E-state index in [1.54, 1.807) is 0 Å². The molecule has 0 bridgehead atoms. The summed E-state index contributed by atoms with van der Waals surface area (Å²) in [7, 11) is 1.21. The second kappa shape index (κ2) is 10.6. The number of ether oxygens (including phenoxy) is 2. The average molecular weight is 236 g/mol. The van der Waals surface area contributed by atoms with Gasteiger partial charge in [0.05, 0.1) is 25.9 Å². The maximum absolute atomic E-state index is 9.41. The highest BCUT2D eigenvalue weighted by molar-refractivity contribution is 6.08. The van der Waals surface area contributed by atoms with E-state index in [2.05, 4.69) is 0 Å². The molecule has 0 saturated heterocycles. The predicted octanol–water partition coefficient (Wildman–Crippen LogP) is -0.675. The van der Waals surface area contributed by atoms with Crippen LogP contribution in [0.4, 0.5) is 0 Å². The number of hydrogen-bond donors (Lipinski definition) is 2. The lowest BCUT2D eigenvalue weighted by molar-refractivity contribution is -0.0395. The van der Waals surface area contributed by atoms with E-state index in [1.165, 1.54) is 16.3 Å². The van der Waals surface area contributed by atoms with Crippen molar-refractivity contribution in [2.24, 2.45) is 0 Å². The molecule has 2 atom stereocenters. The fourth-order valence-corrected chi connectivity index (χ4v) is 1.26. The lowest BCUT2D eigenvalue weighted by Gasteiger charge is -2.13. The molecule has 0 heterocycles. The van der Waals surface area contributed by atoms with Crippen LogP contribution in [-0.2, 0) is 9.47 Å². The van der Waals surface area contributed by atoms with E-state index in [0.29, 0.717) is 13.0 Å². The van der Waals surface area contributed by atoms with Crippen LogP contribution in [0.15, 0.2) is 0 Å². The van der Waals surface area contributed by atoms with Gasteiger partial charge in [-0.1, -0.05) is 13.0 Å². The van der Waals surface area contributed by atoms with Crippen molar-refractivity contribution in [2.75, 3.05) is 26.4 Å². The van der Waals surface area contributed by atoms with Crippen molar-refractivity contribution >= 4 is 10.2 Å². The first kappa shape index (κ1) is 15.1. The molecule has 92 valence electrons. The molecular formula is C10H24O4Si. The molecule has 15 heavy (non-hydrogen) atoms. The Morgan fingerprint density at radius 2 is 1.67 bits per heavy atom. The number of hydrogen-bond acceptors (Lipinski definition) is 4. The molecular weight excluding hydrogens is 212 g/mol. The molecule has 2 unspecified atom stereocenters. The Balaban J connectivity index is 3.21. The minimum Gasteiger partial charge on any atom is -0.391 e. The molecule has 0 amide bonds. The molecule has 0 radical (unpaired) electrons. The standard InChI is InChI=1S/C10H24O4Si/c1-2-9(11)6-14-8-10(12)7-13-4-3-5-15/h9-12H,2-8H2,1,15H3. The van der Waals surface area contributed by atoms with Crippen LogP contribution in [0.5, 0.6) is 0 Å². The average Bonchev–Trinajstić information content (AvgIpc) is 2.24. The largest absolute Gasteiger partial charge is 0.391 e. The minimum absolute atomic E-state index is 0.234. The Morgan fingerprint density at radius 1 is 1.07 bits per heavy atom. The Hall–Kier alpha value is 0.0569. The van der Waals surface area contributed by atoms with Gasteiger partial charge >= 0.3 is 0 Å². The molecule has 4 nitrogen and oxygen atoms in total. The zero-order valence-electron chi connectivity index (χ0n) is 9.82. The third-order valence-electron chi connectivity index (χ3n) is 2.04. The zero-order valence-corrected chi connectivity index (χ0v) is 11.8. The third kappa shape index (κ3) is 10.3. The highest BCUT2D eigenvalue weighted by atomic mass is 28.1. The lowest BCUT2D eigenvalue weighted by Crippen LogP contribution is -2.25. The van der Waals surface area contributed by atoms with Crippen LogP contribution in [0.1, 0.15) is 19.8 Å². The highest BCUT2D eigenvalue weighted by Gasteiger charge is 2.06. The van der Waals surface area contributed by atoms with Crippen molar-refractivity contribution in [1.82, 2.24) is 0 Å². The number of aliphatic hydroxyl groups excluding tert-OH is 2. The van der Waals surface area contributed by atoms with Crippen molar-refractivity contribution in [3.63, 3.8) is 0 Å². The minimum atomic E-state index is -0.580. The number of rotatable bonds is 10. The molecule has 0 aromatic rings. The predicted molar refractivity (Wildman–Crippen MR) is 63.3 cm³/mol. The van der Waals surface area contributed by atoms with Gasteiger partial charge in [0.1, 0.15) is 6.10 Å². The second-order valence-corrected chi connectivity index (χ2v) is 4.68. The first-order valence-electron chi connectivity index (χ1n) is 5.72. The molecule has 0 spiro atoms. The fourth-order valence-electron chi connectivity index (χ4n) is 0.972. The quantitative estimate of drug-likeness (QED) is 0.390. The van der Waals surface area contributed by atoms with E-state index < -0.39 is 12.2 Å². The molecule has 5 heteroatoms. The summed E-state index contributed by atoms with van der Waals surface area (Å²) in [6.07, 6.45) is 0.743. The fraction of sp³-hybridized carbons (Fsp3) is 1.00. The van der Waals surface area contributed by atoms with Crippen molar-refractivity contribution in [3.05, 3.63) is 0 Å². The highest BCUT2D eigenvalue weighted by Crippen LogP contribution is 1.94. The third-order valence-corrected chi connectivity index (χ3v) is 2.75. The summed E-state index contributed by atoms with van der Waals surface area (Å²) in [6.45, 7) is 3.45. The smallest absolute Gasteiger partial charge is 0.101 e. The summed E-state index contributed by atoms with van der Waals surface area (Å²) in [5.41, 5.74) is 0. The van der Waals surface area contributed by atoms with E-state index in [0.717, 1.165) is 13.0 Å². The van der Waals surface area contributed by atoms with Gasteiger partial charge in [0.15, 0.2) is 0 Å². The Bertz CT molecular complexity index is 135. The maximum atomic E-state index is 9.41. The first-order valence-corrected chi connectivity index (χ1v) is 7.13. The van der Waals surface area contributed by atoms with Crippen molar-refractivity contribution < 1.29 is 19.7 Å². The Morgan fingerprint density at radius 3 is 2.27 bits per heavy atom. The van der Waals surface area contributed by atoms with Gasteiger partial charge in [-0.25, -0.2) is 0 Å². The van der Waals surface area contributed by atoms with E-state index in [4.69, 9.17) is 9.47 Å². The summed E-state index contributed by atoms with van der Waals surface area (Å²) in [6, 6.07) is 1.23. The molecule has 2 N–H and O–H groups in total. The maximum Gasteiger partial charge on any atom is 0.101 e. The van der Waals surface area contributed by atoms with Crippen LogP contribution in [0, 0.1) is 0 Å². The van der Waals surface area contributed by atoms with Crippen LogP contribution in [0.3, 0.4) is 0 Å². The van der Waals surface area contributed by atoms with Crippen LogP contribution < -0.4 is 0 Å². The molecule has 0 rings (SSSR count). The summed E-state index contributed by atoms with van der Waals surface area (Å²) >= 11 is 0. The SMILES string of the molecule is CCC(O)COCC(O)COCCC[SiH3]. The second-order valence-electron chi connectivity index (χ2n) is 3.68. The summed E-state index contributed by atoms with van der Waals surface area (Å²) in [4.78, 5) is 0. The van der Waals surface area contributed by atoms with Gasteiger partial charge in [-0.15, -0.1) is 0 Å². The van der Waals surface area contributed by atoms with Crippen molar-refractivity contribution in [1.29, 1.82) is 0 Å². The molecule has 0 aromatic heterocycles. The summed E-state index contributed by atoms with van der Waals surface area (Å²) in [5, 5.41) is 18.6. The monoisotopic (exact) mass is 236 g/mol. The topological polar surface area (TPSA) is 58.9 Å². The van der Waals surface area contributed by atoms with Crippen LogP contribution in [-0.4, -0.2) is 59.1 Å². The van der Waals surface area contributed by atoms with Crippen molar-refractivity contribution in [3.8, 4) is 0 Å². The first-order chi connectivity index (χ1) is 7.20. The molecule has 0 aliphatic rings. The summed E-state index contributed by atoms with van der Waals surface area (Å²) < 4.78 is 10.4. The molecule has 0 fully saturated rings. The lowest BCUT2D eigenvalue weighted by atomic mass is 10.3. The summed E-state index contributed by atoms with van der Waals surface area (Å²) in [5.74, 6) is 0. The molecule has 0 aliphatic heterocycles.